The van der Waals surface area contributed by atoms with Gasteiger partial charge in [-0.3, -0.25) is 9.36 Å². The predicted molar refractivity (Wildman–Crippen MR) is 143 cm³/mol. The molecule has 37 heavy (non-hydrogen) atoms. The number of carbonyl (C=O) groups excluding carboxylic acids is 1. The molecule has 0 aliphatic carbocycles. The van der Waals surface area contributed by atoms with Gasteiger partial charge in [0.25, 0.3) is 5.56 Å². The molecule has 0 spiro atoms. The molecule has 0 saturated carbocycles. The van der Waals surface area contributed by atoms with Crippen molar-refractivity contribution in [1.29, 1.82) is 0 Å². The Hall–Kier alpha value is -3.56. The average Bonchev–Trinajstić information content (AvgIpc) is 3.20. The van der Waals surface area contributed by atoms with Crippen molar-refractivity contribution >= 4 is 35.0 Å². The van der Waals surface area contributed by atoms with E-state index < -0.39 is 12.0 Å². The SMILES string of the molecule is CCCOc1ccc(Cl)cc1[C@@H]1C(C(=O)OC)=C(C)N=c2s/c(=C\c3cccc(OC)c3OC)c(=O)n21. The molecule has 10 heteroatoms. The highest BCUT2D eigenvalue weighted by Gasteiger charge is 2.35. The zero-order chi connectivity index (χ0) is 26.7. The number of thiazole rings is 1. The van der Waals surface area contributed by atoms with Crippen LogP contribution in [-0.2, 0) is 9.53 Å². The number of hydrogen-bond acceptors (Lipinski definition) is 8. The molecule has 0 amide bonds. The lowest BCUT2D eigenvalue weighted by Crippen LogP contribution is -2.40. The van der Waals surface area contributed by atoms with Crippen LogP contribution < -0.4 is 29.1 Å². The van der Waals surface area contributed by atoms with E-state index in [1.54, 1.807) is 51.5 Å². The summed E-state index contributed by atoms with van der Waals surface area (Å²) >= 11 is 7.59. The van der Waals surface area contributed by atoms with Crippen molar-refractivity contribution in [2.24, 2.45) is 4.99 Å². The molecule has 8 nitrogen and oxygen atoms in total. The number of aromatic nitrogens is 1. The van der Waals surface area contributed by atoms with E-state index in [4.69, 9.17) is 30.5 Å². The van der Waals surface area contributed by atoms with Gasteiger partial charge in [0.05, 0.1) is 43.7 Å². The van der Waals surface area contributed by atoms with Crippen LogP contribution in [0.2, 0.25) is 5.02 Å². The second-order valence-electron chi connectivity index (χ2n) is 8.19. The molecule has 0 N–H and O–H groups in total. The van der Waals surface area contributed by atoms with Crippen LogP contribution in [-0.4, -0.2) is 38.5 Å². The Balaban J connectivity index is 2.01. The number of methoxy groups -OCH3 is 3. The van der Waals surface area contributed by atoms with Gasteiger partial charge in [0.15, 0.2) is 16.3 Å². The quantitative estimate of drug-likeness (QED) is 0.402. The number of carbonyl (C=O) groups is 1. The number of ether oxygens (including phenoxy) is 4. The first-order valence-corrected chi connectivity index (χ1v) is 12.8. The minimum atomic E-state index is -0.844. The Morgan fingerprint density at radius 2 is 1.95 bits per heavy atom. The lowest BCUT2D eigenvalue weighted by molar-refractivity contribution is -0.136. The molecule has 2 heterocycles. The second kappa shape index (κ2) is 11.2. The lowest BCUT2D eigenvalue weighted by Gasteiger charge is -2.26. The van der Waals surface area contributed by atoms with Crippen LogP contribution in [0.5, 0.6) is 17.2 Å². The summed E-state index contributed by atoms with van der Waals surface area (Å²) in [4.78, 5) is 31.9. The van der Waals surface area contributed by atoms with Gasteiger partial charge in [0.1, 0.15) is 11.8 Å². The Bertz CT molecular complexity index is 1560. The van der Waals surface area contributed by atoms with Crippen molar-refractivity contribution in [3.05, 3.63) is 83.5 Å². The Morgan fingerprint density at radius 3 is 2.62 bits per heavy atom. The van der Waals surface area contributed by atoms with E-state index >= 15 is 0 Å². The number of halogens is 1. The number of rotatable bonds is 8. The molecule has 194 valence electrons. The van der Waals surface area contributed by atoms with E-state index in [0.29, 0.717) is 55.0 Å². The summed E-state index contributed by atoms with van der Waals surface area (Å²) in [6.07, 6.45) is 2.51. The molecule has 0 bridgehead atoms. The van der Waals surface area contributed by atoms with Crippen molar-refractivity contribution in [1.82, 2.24) is 4.57 Å². The maximum Gasteiger partial charge on any atom is 0.338 e. The number of nitrogens with zero attached hydrogens (tertiary/aromatic N) is 2. The van der Waals surface area contributed by atoms with Gasteiger partial charge < -0.3 is 18.9 Å². The minimum absolute atomic E-state index is 0.240. The number of hydrogen-bond donors (Lipinski definition) is 0. The van der Waals surface area contributed by atoms with E-state index in [9.17, 15) is 9.59 Å². The largest absolute Gasteiger partial charge is 0.493 e. The van der Waals surface area contributed by atoms with Crippen molar-refractivity contribution in [2.75, 3.05) is 27.9 Å². The first kappa shape index (κ1) is 26.5. The molecular formula is C27H27ClN2O6S. The zero-order valence-corrected chi connectivity index (χ0v) is 22.7. The number of benzene rings is 2. The van der Waals surface area contributed by atoms with Gasteiger partial charge >= 0.3 is 5.97 Å². The van der Waals surface area contributed by atoms with E-state index in [1.807, 2.05) is 19.1 Å². The smallest absolute Gasteiger partial charge is 0.338 e. The highest BCUT2D eigenvalue weighted by molar-refractivity contribution is 7.07. The zero-order valence-electron chi connectivity index (χ0n) is 21.2. The monoisotopic (exact) mass is 542 g/mol. The van der Waals surface area contributed by atoms with Crippen molar-refractivity contribution < 1.29 is 23.7 Å². The van der Waals surface area contributed by atoms with E-state index in [-0.39, 0.29) is 11.1 Å². The van der Waals surface area contributed by atoms with Crippen molar-refractivity contribution in [3.63, 3.8) is 0 Å². The first-order valence-electron chi connectivity index (χ1n) is 11.6. The maximum absolute atomic E-state index is 13.9. The standard InChI is InChI=1S/C27H27ClN2O6S/c1-6-12-36-19-11-10-17(28)14-18(19)23-22(26(32)35-5)15(2)29-27-30(23)25(31)21(37-27)13-16-8-7-9-20(33-3)24(16)34-4/h7-11,13-14,23H,6,12H2,1-5H3/b21-13-/t23-/m1/s1. The summed E-state index contributed by atoms with van der Waals surface area (Å²) < 4.78 is 23.9. The van der Waals surface area contributed by atoms with Gasteiger partial charge in [0.2, 0.25) is 0 Å². The molecule has 1 aliphatic heterocycles. The summed E-state index contributed by atoms with van der Waals surface area (Å²) in [7, 11) is 4.39. The summed E-state index contributed by atoms with van der Waals surface area (Å²) in [5, 5.41) is 0.445. The third kappa shape index (κ3) is 5.01. The molecule has 1 atom stereocenters. The topological polar surface area (TPSA) is 88.4 Å². The third-order valence-electron chi connectivity index (χ3n) is 5.88. The summed E-state index contributed by atoms with van der Waals surface area (Å²) in [5.74, 6) is 0.985. The van der Waals surface area contributed by atoms with Crippen LogP contribution >= 0.6 is 22.9 Å². The highest BCUT2D eigenvalue weighted by Crippen LogP contribution is 2.37. The van der Waals surface area contributed by atoms with Crippen molar-refractivity contribution in [3.8, 4) is 17.2 Å². The summed E-state index contributed by atoms with van der Waals surface area (Å²) in [6, 6.07) is 9.74. The van der Waals surface area contributed by atoms with Gasteiger partial charge in [-0.25, -0.2) is 9.79 Å². The molecular weight excluding hydrogens is 516 g/mol. The highest BCUT2D eigenvalue weighted by atomic mass is 35.5. The second-order valence-corrected chi connectivity index (χ2v) is 9.63. The van der Waals surface area contributed by atoms with Gasteiger partial charge in [-0.1, -0.05) is 42.0 Å². The molecule has 0 fully saturated rings. The minimum Gasteiger partial charge on any atom is -0.493 e. The maximum atomic E-state index is 13.9. The average molecular weight is 543 g/mol. The molecule has 0 radical (unpaired) electrons. The van der Waals surface area contributed by atoms with Crippen LogP contribution in [0.3, 0.4) is 0 Å². The summed E-state index contributed by atoms with van der Waals surface area (Å²) in [6.45, 7) is 4.18. The number of fused-ring (bicyclic) bond motifs is 1. The van der Waals surface area contributed by atoms with Crippen LogP contribution in [0.1, 0.15) is 37.4 Å². The fourth-order valence-corrected chi connectivity index (χ4v) is 5.45. The Kier molecular flexibility index (Phi) is 8.04. The Labute approximate surface area is 223 Å². The molecule has 3 aromatic rings. The molecule has 4 rings (SSSR count). The van der Waals surface area contributed by atoms with Crippen LogP contribution in [0, 0.1) is 0 Å². The van der Waals surface area contributed by atoms with Gasteiger partial charge in [-0.05, 0) is 43.7 Å². The normalized spacial score (nSPS) is 15.2. The first-order chi connectivity index (χ1) is 17.8. The van der Waals surface area contributed by atoms with E-state index in [2.05, 4.69) is 4.99 Å². The molecule has 1 aliphatic rings. The molecule has 1 aromatic heterocycles. The molecule has 0 saturated heterocycles. The molecule has 0 unspecified atom stereocenters. The lowest BCUT2D eigenvalue weighted by atomic mass is 9.95. The fraction of sp³-hybridized carbons (Fsp3) is 0.296. The van der Waals surface area contributed by atoms with Gasteiger partial charge in [-0.2, -0.15) is 0 Å². The van der Waals surface area contributed by atoms with E-state index in [0.717, 1.165) is 6.42 Å². The van der Waals surface area contributed by atoms with Gasteiger partial charge in [0, 0.05) is 16.1 Å². The van der Waals surface area contributed by atoms with Crippen LogP contribution in [0.4, 0.5) is 0 Å². The number of allylic oxidation sites excluding steroid dienone is 1. The van der Waals surface area contributed by atoms with Gasteiger partial charge in [-0.15, -0.1) is 0 Å². The predicted octanol–water partition coefficient (Wildman–Crippen LogP) is 3.87. The van der Waals surface area contributed by atoms with Crippen molar-refractivity contribution in [2.45, 2.75) is 26.3 Å². The molecule has 2 aromatic carbocycles. The fourth-order valence-electron chi connectivity index (χ4n) is 4.23. The third-order valence-corrected chi connectivity index (χ3v) is 7.09. The summed E-state index contributed by atoms with van der Waals surface area (Å²) in [5.41, 5.74) is 1.60. The number of para-hydroxylation sites is 1. The van der Waals surface area contributed by atoms with Crippen LogP contribution in [0.15, 0.2) is 57.5 Å². The number of esters is 1. The Morgan fingerprint density at radius 1 is 1.16 bits per heavy atom. The van der Waals surface area contributed by atoms with Crippen LogP contribution in [0.25, 0.3) is 6.08 Å². The van der Waals surface area contributed by atoms with E-state index in [1.165, 1.54) is 23.0 Å².